The molecule has 5 nitrogen and oxygen atoms in total. The van der Waals surface area contributed by atoms with E-state index in [1.54, 1.807) is 7.11 Å². The average molecular weight is 266 g/mol. The number of urea groups is 1. The maximum absolute atomic E-state index is 11.6. The summed E-state index contributed by atoms with van der Waals surface area (Å²) in [6.45, 7) is 5.72. The lowest BCUT2D eigenvalue weighted by atomic mass is 10.2. The van der Waals surface area contributed by atoms with Gasteiger partial charge in [0.15, 0.2) is 0 Å². The van der Waals surface area contributed by atoms with Crippen LogP contribution in [0.15, 0.2) is 24.3 Å². The van der Waals surface area contributed by atoms with Gasteiger partial charge in [0, 0.05) is 13.7 Å². The first-order chi connectivity index (χ1) is 9.13. The van der Waals surface area contributed by atoms with Crippen molar-refractivity contribution >= 4 is 11.7 Å². The number of benzene rings is 1. The van der Waals surface area contributed by atoms with E-state index in [2.05, 4.69) is 24.5 Å². The van der Waals surface area contributed by atoms with E-state index in [0.717, 1.165) is 0 Å². The molecule has 2 N–H and O–H groups in total. The predicted octanol–water partition coefficient (Wildman–Crippen LogP) is 2.49. The molecule has 0 spiro atoms. The zero-order chi connectivity index (χ0) is 14.1. The molecule has 1 aromatic carbocycles. The topological polar surface area (TPSA) is 59.6 Å². The highest BCUT2D eigenvalue weighted by Gasteiger charge is 2.07. The lowest BCUT2D eigenvalue weighted by Crippen LogP contribution is -2.31. The van der Waals surface area contributed by atoms with Gasteiger partial charge in [0.1, 0.15) is 5.75 Å². The Hall–Kier alpha value is -1.75. The molecule has 1 rings (SSSR count). The van der Waals surface area contributed by atoms with Crippen LogP contribution in [0.1, 0.15) is 13.8 Å². The number of anilines is 1. The first kappa shape index (κ1) is 15.3. The van der Waals surface area contributed by atoms with Gasteiger partial charge in [-0.25, -0.2) is 4.79 Å². The van der Waals surface area contributed by atoms with Crippen LogP contribution in [0.25, 0.3) is 0 Å². The van der Waals surface area contributed by atoms with Crippen molar-refractivity contribution in [2.24, 2.45) is 5.92 Å². The number of nitrogens with one attached hydrogen (secondary N) is 2. The maximum atomic E-state index is 11.6. The molecule has 0 atom stereocenters. The van der Waals surface area contributed by atoms with Gasteiger partial charge in [-0.2, -0.15) is 0 Å². The molecule has 106 valence electrons. The Morgan fingerprint density at radius 1 is 1.32 bits per heavy atom. The number of methoxy groups -OCH3 is 1. The Balaban J connectivity index is 2.54. The van der Waals surface area contributed by atoms with Gasteiger partial charge in [0.05, 0.1) is 18.9 Å². The van der Waals surface area contributed by atoms with E-state index >= 15 is 0 Å². The van der Waals surface area contributed by atoms with Crippen LogP contribution in [0.5, 0.6) is 5.75 Å². The number of hydrogen-bond donors (Lipinski definition) is 2. The van der Waals surface area contributed by atoms with Crippen LogP contribution in [0.3, 0.4) is 0 Å². The van der Waals surface area contributed by atoms with E-state index in [1.165, 1.54) is 0 Å². The highest BCUT2D eigenvalue weighted by molar-refractivity contribution is 5.90. The first-order valence-corrected chi connectivity index (χ1v) is 6.39. The fourth-order valence-electron chi connectivity index (χ4n) is 1.39. The molecule has 1 aromatic rings. The number of amides is 2. The zero-order valence-electron chi connectivity index (χ0n) is 11.7. The fourth-order valence-corrected chi connectivity index (χ4v) is 1.39. The average Bonchev–Trinajstić information content (AvgIpc) is 2.38. The van der Waals surface area contributed by atoms with E-state index in [9.17, 15) is 4.79 Å². The summed E-state index contributed by atoms with van der Waals surface area (Å²) in [6.07, 6.45) is 0. The monoisotopic (exact) mass is 266 g/mol. The van der Waals surface area contributed by atoms with Crippen LogP contribution in [0.4, 0.5) is 10.5 Å². The standard InChI is InChI=1S/C14H22N2O3/c1-11(2)10-19-13-7-5-4-6-12(13)16-14(17)15-8-9-18-3/h4-7,11H,8-10H2,1-3H3,(H2,15,16,17). The van der Waals surface area contributed by atoms with E-state index < -0.39 is 0 Å². The van der Waals surface area contributed by atoms with E-state index in [4.69, 9.17) is 9.47 Å². The van der Waals surface area contributed by atoms with Crippen LogP contribution < -0.4 is 15.4 Å². The van der Waals surface area contributed by atoms with Crippen molar-refractivity contribution < 1.29 is 14.3 Å². The molecule has 2 amide bonds. The molecular weight excluding hydrogens is 244 g/mol. The van der Waals surface area contributed by atoms with Crippen LogP contribution >= 0.6 is 0 Å². The quantitative estimate of drug-likeness (QED) is 0.745. The molecule has 0 aromatic heterocycles. The third kappa shape index (κ3) is 6.10. The van der Waals surface area contributed by atoms with Gasteiger partial charge in [-0.3, -0.25) is 0 Å². The SMILES string of the molecule is COCCNC(=O)Nc1ccccc1OCC(C)C. The second kappa shape index (κ2) is 8.37. The van der Waals surface area contributed by atoms with Crippen molar-refractivity contribution in [3.05, 3.63) is 24.3 Å². The zero-order valence-corrected chi connectivity index (χ0v) is 11.7. The minimum atomic E-state index is -0.266. The summed E-state index contributed by atoms with van der Waals surface area (Å²) in [5.74, 6) is 1.11. The second-order valence-corrected chi connectivity index (χ2v) is 4.57. The summed E-state index contributed by atoms with van der Waals surface area (Å²) in [5.41, 5.74) is 0.665. The van der Waals surface area contributed by atoms with E-state index in [1.807, 2.05) is 24.3 Å². The van der Waals surface area contributed by atoms with Crippen LogP contribution in [0.2, 0.25) is 0 Å². The van der Waals surface area contributed by atoms with Crippen LogP contribution in [0, 0.1) is 5.92 Å². The lowest BCUT2D eigenvalue weighted by molar-refractivity contribution is 0.198. The van der Waals surface area contributed by atoms with Crippen molar-refractivity contribution in [2.45, 2.75) is 13.8 Å². The number of carbonyl (C=O) groups is 1. The summed E-state index contributed by atoms with van der Waals surface area (Å²) < 4.78 is 10.5. The molecular formula is C14H22N2O3. The van der Waals surface area contributed by atoms with Gasteiger partial charge in [-0.15, -0.1) is 0 Å². The third-order valence-corrected chi connectivity index (χ3v) is 2.30. The molecule has 19 heavy (non-hydrogen) atoms. The molecule has 0 heterocycles. The number of rotatable bonds is 7. The molecule has 0 saturated carbocycles. The van der Waals surface area contributed by atoms with Crippen LogP contribution in [-0.4, -0.2) is 32.9 Å². The van der Waals surface area contributed by atoms with Gasteiger partial charge in [0.2, 0.25) is 0 Å². The number of para-hydroxylation sites is 2. The Morgan fingerprint density at radius 3 is 2.74 bits per heavy atom. The number of ether oxygens (including phenoxy) is 2. The summed E-state index contributed by atoms with van der Waals surface area (Å²) >= 11 is 0. The molecule has 0 aliphatic heterocycles. The normalized spacial score (nSPS) is 10.3. The Bertz CT molecular complexity index is 394. The number of hydrogen-bond acceptors (Lipinski definition) is 3. The highest BCUT2D eigenvalue weighted by Crippen LogP contribution is 2.24. The van der Waals surface area contributed by atoms with Crippen molar-refractivity contribution in [1.82, 2.24) is 5.32 Å². The number of carbonyl (C=O) groups excluding carboxylic acids is 1. The molecule has 0 fully saturated rings. The van der Waals surface area contributed by atoms with Gasteiger partial charge in [0.25, 0.3) is 0 Å². The van der Waals surface area contributed by atoms with Crippen molar-refractivity contribution in [3.8, 4) is 5.75 Å². The molecule has 0 saturated heterocycles. The van der Waals surface area contributed by atoms with E-state index in [0.29, 0.717) is 37.1 Å². The largest absolute Gasteiger partial charge is 0.491 e. The summed E-state index contributed by atoms with van der Waals surface area (Å²) in [6, 6.07) is 7.12. The van der Waals surface area contributed by atoms with Gasteiger partial charge in [-0.1, -0.05) is 26.0 Å². The highest BCUT2D eigenvalue weighted by atomic mass is 16.5. The molecule has 0 unspecified atom stereocenters. The van der Waals surface area contributed by atoms with Gasteiger partial charge in [-0.05, 0) is 18.1 Å². The predicted molar refractivity (Wildman–Crippen MR) is 75.7 cm³/mol. The van der Waals surface area contributed by atoms with Crippen molar-refractivity contribution in [3.63, 3.8) is 0 Å². The summed E-state index contributed by atoms with van der Waals surface area (Å²) in [4.78, 5) is 11.6. The smallest absolute Gasteiger partial charge is 0.319 e. The Kier molecular flexibility index (Phi) is 6.74. The second-order valence-electron chi connectivity index (χ2n) is 4.57. The Morgan fingerprint density at radius 2 is 2.05 bits per heavy atom. The third-order valence-electron chi connectivity index (χ3n) is 2.30. The van der Waals surface area contributed by atoms with Crippen molar-refractivity contribution in [2.75, 3.05) is 32.2 Å². The summed E-state index contributed by atoms with van der Waals surface area (Å²) in [7, 11) is 1.59. The molecule has 0 aliphatic carbocycles. The van der Waals surface area contributed by atoms with Gasteiger partial charge < -0.3 is 20.1 Å². The molecule has 5 heteroatoms. The molecule has 0 aliphatic rings. The minimum Gasteiger partial charge on any atom is -0.491 e. The van der Waals surface area contributed by atoms with Crippen LogP contribution in [-0.2, 0) is 4.74 Å². The Labute approximate surface area is 114 Å². The van der Waals surface area contributed by atoms with Gasteiger partial charge >= 0.3 is 6.03 Å². The fraction of sp³-hybridized carbons (Fsp3) is 0.500. The van der Waals surface area contributed by atoms with E-state index in [-0.39, 0.29) is 6.03 Å². The minimum absolute atomic E-state index is 0.266. The molecule has 0 radical (unpaired) electrons. The maximum Gasteiger partial charge on any atom is 0.319 e. The summed E-state index contributed by atoms with van der Waals surface area (Å²) in [5, 5.41) is 5.46. The lowest BCUT2D eigenvalue weighted by Gasteiger charge is -2.14. The molecule has 0 bridgehead atoms. The first-order valence-electron chi connectivity index (χ1n) is 6.39. The van der Waals surface area contributed by atoms with Crippen molar-refractivity contribution in [1.29, 1.82) is 0 Å².